The molecular weight excluding hydrogens is 272 g/mol. The predicted octanol–water partition coefficient (Wildman–Crippen LogP) is 0.353. The maximum atomic E-state index is 12.3. The third-order valence-electron chi connectivity index (χ3n) is 4.84. The van der Waals surface area contributed by atoms with Crippen LogP contribution in [0.5, 0.6) is 0 Å². The van der Waals surface area contributed by atoms with Crippen LogP contribution >= 0.6 is 0 Å². The molecule has 3 aliphatic rings. The molecular formula is C15H20N2O4. The van der Waals surface area contributed by atoms with Crippen molar-refractivity contribution >= 4 is 23.5 Å². The van der Waals surface area contributed by atoms with Crippen molar-refractivity contribution in [2.24, 2.45) is 11.8 Å². The first-order chi connectivity index (χ1) is 10.1. The number of Topliss-reactive ketones (excluding diaryl/α,β-unsaturated/α-hetero) is 1. The molecule has 21 heavy (non-hydrogen) atoms. The van der Waals surface area contributed by atoms with E-state index in [0.29, 0.717) is 25.9 Å². The van der Waals surface area contributed by atoms with E-state index in [1.807, 2.05) is 0 Å². The van der Waals surface area contributed by atoms with E-state index < -0.39 is 5.92 Å². The van der Waals surface area contributed by atoms with Crippen LogP contribution in [0, 0.1) is 11.8 Å². The number of carbonyl (C=O) groups is 4. The summed E-state index contributed by atoms with van der Waals surface area (Å²) in [6, 6.07) is 0. The predicted molar refractivity (Wildman–Crippen MR) is 73.0 cm³/mol. The lowest BCUT2D eigenvalue weighted by atomic mass is 9.80. The second kappa shape index (κ2) is 5.58. The highest BCUT2D eigenvalue weighted by atomic mass is 16.2. The molecule has 3 amide bonds. The van der Waals surface area contributed by atoms with Crippen LogP contribution in [-0.4, -0.2) is 52.9 Å². The highest BCUT2D eigenvalue weighted by molar-refractivity contribution is 6.09. The van der Waals surface area contributed by atoms with Crippen LogP contribution in [0.15, 0.2) is 0 Å². The van der Waals surface area contributed by atoms with Crippen molar-refractivity contribution in [1.29, 1.82) is 0 Å². The number of likely N-dealkylation sites (tertiary alicyclic amines) is 2. The lowest BCUT2D eigenvalue weighted by molar-refractivity contribution is -0.147. The van der Waals surface area contributed by atoms with Gasteiger partial charge in [-0.25, -0.2) is 0 Å². The van der Waals surface area contributed by atoms with Crippen molar-refractivity contribution in [1.82, 2.24) is 9.80 Å². The summed E-state index contributed by atoms with van der Waals surface area (Å²) in [4.78, 5) is 51.1. The topological polar surface area (TPSA) is 74.8 Å². The Morgan fingerprint density at radius 2 is 1.67 bits per heavy atom. The molecule has 3 fully saturated rings. The second-order valence-corrected chi connectivity index (χ2v) is 6.20. The van der Waals surface area contributed by atoms with Crippen LogP contribution in [0.2, 0.25) is 0 Å². The Labute approximate surface area is 123 Å². The number of carbonyl (C=O) groups excluding carboxylic acids is 4. The molecule has 6 heteroatoms. The van der Waals surface area contributed by atoms with E-state index in [9.17, 15) is 19.2 Å². The number of imide groups is 1. The summed E-state index contributed by atoms with van der Waals surface area (Å²) in [5, 5.41) is 0. The van der Waals surface area contributed by atoms with Crippen molar-refractivity contribution in [3.63, 3.8) is 0 Å². The van der Waals surface area contributed by atoms with Gasteiger partial charge in [0.15, 0.2) is 0 Å². The Kier molecular flexibility index (Phi) is 3.78. The molecule has 114 valence electrons. The SMILES string of the molecule is O=C1CC[C@H]2C(=O)N(CC(=O)N3CCCCC3)C(=O)[C@H]2C1. The van der Waals surface area contributed by atoms with Crippen LogP contribution in [-0.2, 0) is 19.2 Å². The molecule has 2 atom stereocenters. The molecule has 3 rings (SSSR count). The first kappa shape index (κ1) is 14.2. The number of amides is 3. The van der Waals surface area contributed by atoms with Gasteiger partial charge in [0.05, 0.1) is 11.8 Å². The highest BCUT2D eigenvalue weighted by Crippen LogP contribution is 2.36. The number of ketones is 1. The van der Waals surface area contributed by atoms with Crippen molar-refractivity contribution in [2.75, 3.05) is 19.6 Å². The molecule has 1 saturated carbocycles. The molecule has 0 aromatic rings. The van der Waals surface area contributed by atoms with Gasteiger partial charge in [0.2, 0.25) is 17.7 Å². The minimum Gasteiger partial charge on any atom is -0.341 e. The zero-order chi connectivity index (χ0) is 15.0. The third-order valence-corrected chi connectivity index (χ3v) is 4.84. The molecule has 0 radical (unpaired) electrons. The number of fused-ring (bicyclic) bond motifs is 1. The number of hydrogen-bond donors (Lipinski definition) is 0. The van der Waals surface area contributed by atoms with Crippen LogP contribution in [0.1, 0.15) is 38.5 Å². The van der Waals surface area contributed by atoms with Gasteiger partial charge in [0.1, 0.15) is 12.3 Å². The zero-order valence-corrected chi connectivity index (χ0v) is 12.0. The zero-order valence-electron chi connectivity index (χ0n) is 12.0. The standard InChI is InChI=1S/C15H20N2O4/c18-10-4-5-11-12(8-10)15(21)17(14(11)20)9-13(19)16-6-2-1-3-7-16/h11-12H,1-9H2/t11-,12+/m1/s1. The summed E-state index contributed by atoms with van der Waals surface area (Å²) in [7, 11) is 0. The van der Waals surface area contributed by atoms with Crippen molar-refractivity contribution < 1.29 is 19.2 Å². The van der Waals surface area contributed by atoms with Crippen LogP contribution < -0.4 is 0 Å². The summed E-state index contributed by atoms with van der Waals surface area (Å²) < 4.78 is 0. The minimum absolute atomic E-state index is 0.0432. The molecule has 0 unspecified atom stereocenters. The van der Waals surface area contributed by atoms with E-state index in [2.05, 4.69) is 0 Å². The molecule has 0 bridgehead atoms. The van der Waals surface area contributed by atoms with E-state index >= 15 is 0 Å². The van der Waals surface area contributed by atoms with E-state index in [0.717, 1.165) is 24.2 Å². The van der Waals surface area contributed by atoms with E-state index in [-0.39, 0.29) is 42.4 Å². The van der Waals surface area contributed by atoms with E-state index in [1.54, 1.807) is 4.90 Å². The Balaban J connectivity index is 1.67. The Morgan fingerprint density at radius 1 is 1.00 bits per heavy atom. The monoisotopic (exact) mass is 292 g/mol. The van der Waals surface area contributed by atoms with Crippen molar-refractivity contribution in [3.05, 3.63) is 0 Å². The molecule has 0 aromatic carbocycles. The first-order valence-electron chi connectivity index (χ1n) is 7.72. The fourth-order valence-electron chi connectivity index (χ4n) is 3.61. The number of piperidine rings is 1. The summed E-state index contributed by atoms with van der Waals surface area (Å²) in [5.74, 6) is -1.61. The Morgan fingerprint density at radius 3 is 2.38 bits per heavy atom. The van der Waals surface area contributed by atoms with Gasteiger partial charge in [-0.3, -0.25) is 24.1 Å². The second-order valence-electron chi connectivity index (χ2n) is 6.20. The Bertz CT molecular complexity index is 496. The van der Waals surface area contributed by atoms with Crippen LogP contribution in [0.3, 0.4) is 0 Å². The fraction of sp³-hybridized carbons (Fsp3) is 0.733. The average molecular weight is 292 g/mol. The number of hydrogen-bond acceptors (Lipinski definition) is 4. The van der Waals surface area contributed by atoms with Crippen LogP contribution in [0.4, 0.5) is 0 Å². The largest absolute Gasteiger partial charge is 0.341 e. The number of nitrogens with zero attached hydrogens (tertiary/aromatic N) is 2. The molecule has 2 heterocycles. The molecule has 2 aliphatic heterocycles. The Hall–Kier alpha value is -1.72. The van der Waals surface area contributed by atoms with Gasteiger partial charge in [0, 0.05) is 25.9 Å². The third kappa shape index (κ3) is 2.59. The van der Waals surface area contributed by atoms with Gasteiger partial charge in [-0.05, 0) is 25.7 Å². The molecule has 6 nitrogen and oxygen atoms in total. The number of rotatable bonds is 2. The van der Waals surface area contributed by atoms with Gasteiger partial charge in [-0.15, -0.1) is 0 Å². The maximum absolute atomic E-state index is 12.3. The first-order valence-corrected chi connectivity index (χ1v) is 7.72. The molecule has 0 spiro atoms. The summed E-state index contributed by atoms with van der Waals surface area (Å²) >= 11 is 0. The summed E-state index contributed by atoms with van der Waals surface area (Å²) in [6.07, 6.45) is 4.05. The van der Waals surface area contributed by atoms with E-state index in [1.165, 1.54) is 0 Å². The van der Waals surface area contributed by atoms with Crippen molar-refractivity contribution in [2.45, 2.75) is 38.5 Å². The fourth-order valence-corrected chi connectivity index (χ4v) is 3.61. The van der Waals surface area contributed by atoms with Gasteiger partial charge in [-0.2, -0.15) is 0 Å². The molecule has 0 aromatic heterocycles. The van der Waals surface area contributed by atoms with Gasteiger partial charge in [0.25, 0.3) is 0 Å². The van der Waals surface area contributed by atoms with Crippen molar-refractivity contribution in [3.8, 4) is 0 Å². The lowest BCUT2D eigenvalue weighted by Gasteiger charge is -2.28. The smallest absolute Gasteiger partial charge is 0.242 e. The van der Waals surface area contributed by atoms with Gasteiger partial charge >= 0.3 is 0 Å². The summed E-state index contributed by atoms with van der Waals surface area (Å²) in [6.45, 7) is 1.26. The molecule has 2 saturated heterocycles. The van der Waals surface area contributed by atoms with Gasteiger partial charge < -0.3 is 4.90 Å². The molecule has 1 aliphatic carbocycles. The normalized spacial score (nSPS) is 29.8. The highest BCUT2D eigenvalue weighted by Gasteiger charge is 2.50. The van der Waals surface area contributed by atoms with Crippen LogP contribution in [0.25, 0.3) is 0 Å². The van der Waals surface area contributed by atoms with E-state index in [4.69, 9.17) is 0 Å². The lowest BCUT2D eigenvalue weighted by Crippen LogP contribution is -2.44. The van der Waals surface area contributed by atoms with Gasteiger partial charge in [-0.1, -0.05) is 0 Å². The average Bonchev–Trinajstić information content (AvgIpc) is 2.73. The molecule has 0 N–H and O–H groups in total. The maximum Gasteiger partial charge on any atom is 0.242 e. The minimum atomic E-state index is -0.520. The quantitative estimate of drug-likeness (QED) is 0.688. The summed E-state index contributed by atoms with van der Waals surface area (Å²) in [5.41, 5.74) is 0.